The van der Waals surface area contributed by atoms with Gasteiger partial charge in [-0.25, -0.2) is 0 Å². The monoisotopic (exact) mass is 206 g/mol. The van der Waals surface area contributed by atoms with Crippen molar-refractivity contribution in [2.45, 2.75) is 31.7 Å². The van der Waals surface area contributed by atoms with Gasteiger partial charge in [0.2, 0.25) is 0 Å². The van der Waals surface area contributed by atoms with E-state index in [0.717, 1.165) is 31.1 Å². The molecule has 1 aliphatic carbocycles. The Kier molecular flexibility index (Phi) is 3.50. The largest absolute Gasteiger partial charge is 0.368 e. The minimum Gasteiger partial charge on any atom is -0.368 e. The van der Waals surface area contributed by atoms with E-state index in [9.17, 15) is 0 Å². The van der Waals surface area contributed by atoms with E-state index in [1.807, 2.05) is 12.1 Å². The minimum absolute atomic E-state index is 0.428. The first-order valence-electron chi connectivity index (χ1n) is 5.62. The van der Waals surface area contributed by atoms with Crippen LogP contribution in [0.4, 0.5) is 5.82 Å². The fraction of sp³-hybridized carbons (Fsp3) is 0.636. The molecule has 0 bridgehead atoms. The third-order valence-corrected chi connectivity index (χ3v) is 3.04. The summed E-state index contributed by atoms with van der Waals surface area (Å²) >= 11 is 0. The van der Waals surface area contributed by atoms with Gasteiger partial charge in [-0.3, -0.25) is 0 Å². The Bertz CT molecular complexity index is 280. The van der Waals surface area contributed by atoms with Crippen LogP contribution in [0.15, 0.2) is 18.3 Å². The van der Waals surface area contributed by atoms with Gasteiger partial charge in [-0.1, -0.05) is 0 Å². The number of nitrogens with one attached hydrogen (secondary N) is 1. The van der Waals surface area contributed by atoms with Crippen molar-refractivity contribution in [2.75, 3.05) is 11.9 Å². The summed E-state index contributed by atoms with van der Waals surface area (Å²) in [5.74, 6) is 1.61. The number of anilines is 1. The second-order valence-corrected chi connectivity index (χ2v) is 4.27. The summed E-state index contributed by atoms with van der Waals surface area (Å²) in [7, 11) is 0. The summed E-state index contributed by atoms with van der Waals surface area (Å²) < 4.78 is 0. The quantitative estimate of drug-likeness (QED) is 0.784. The highest BCUT2D eigenvalue weighted by molar-refractivity contribution is 5.31. The highest BCUT2D eigenvalue weighted by atomic mass is 15.2. The van der Waals surface area contributed by atoms with Crippen molar-refractivity contribution in [3.63, 3.8) is 0 Å². The van der Waals surface area contributed by atoms with Crippen LogP contribution < -0.4 is 11.1 Å². The predicted molar refractivity (Wildman–Crippen MR) is 60.5 cm³/mol. The molecular weight excluding hydrogens is 188 g/mol. The molecular formula is C11H18N4. The van der Waals surface area contributed by atoms with Gasteiger partial charge in [0.25, 0.3) is 0 Å². The van der Waals surface area contributed by atoms with Crippen LogP contribution in [0.2, 0.25) is 0 Å². The number of nitrogens with two attached hydrogens (primary N) is 1. The van der Waals surface area contributed by atoms with Crippen LogP contribution in [0.5, 0.6) is 0 Å². The average molecular weight is 206 g/mol. The van der Waals surface area contributed by atoms with E-state index in [-0.39, 0.29) is 0 Å². The fourth-order valence-corrected chi connectivity index (χ4v) is 2.04. The van der Waals surface area contributed by atoms with Gasteiger partial charge < -0.3 is 11.1 Å². The van der Waals surface area contributed by atoms with Crippen LogP contribution in [0.3, 0.4) is 0 Å². The summed E-state index contributed by atoms with van der Waals surface area (Å²) in [5, 5.41) is 11.1. The molecule has 1 heterocycles. The normalized spacial score (nSPS) is 26.2. The van der Waals surface area contributed by atoms with Gasteiger partial charge in [-0.05, 0) is 43.7 Å². The van der Waals surface area contributed by atoms with Gasteiger partial charge in [0.05, 0.1) is 0 Å². The van der Waals surface area contributed by atoms with Crippen LogP contribution in [0.25, 0.3) is 0 Å². The smallest absolute Gasteiger partial charge is 0.148 e. The summed E-state index contributed by atoms with van der Waals surface area (Å²) in [6, 6.07) is 4.27. The molecule has 15 heavy (non-hydrogen) atoms. The first-order chi connectivity index (χ1) is 7.34. The summed E-state index contributed by atoms with van der Waals surface area (Å²) in [6.45, 7) is 0.991. The zero-order chi connectivity index (χ0) is 10.5. The van der Waals surface area contributed by atoms with E-state index in [1.54, 1.807) is 6.20 Å². The fourth-order valence-electron chi connectivity index (χ4n) is 2.04. The molecule has 0 saturated heterocycles. The number of aromatic nitrogens is 2. The molecule has 1 saturated carbocycles. The Morgan fingerprint density at radius 3 is 2.80 bits per heavy atom. The number of nitrogens with zero attached hydrogens (tertiary/aromatic N) is 2. The van der Waals surface area contributed by atoms with E-state index >= 15 is 0 Å². The maximum atomic E-state index is 5.86. The molecule has 0 aromatic carbocycles. The molecule has 0 unspecified atom stereocenters. The third-order valence-electron chi connectivity index (χ3n) is 3.04. The van der Waals surface area contributed by atoms with Crippen molar-refractivity contribution < 1.29 is 0 Å². The van der Waals surface area contributed by atoms with E-state index in [2.05, 4.69) is 15.5 Å². The number of hydrogen-bond acceptors (Lipinski definition) is 4. The lowest BCUT2D eigenvalue weighted by atomic mass is 9.86. The zero-order valence-corrected chi connectivity index (χ0v) is 8.89. The van der Waals surface area contributed by atoms with E-state index in [4.69, 9.17) is 5.73 Å². The number of hydrogen-bond donors (Lipinski definition) is 2. The average Bonchev–Trinajstić information content (AvgIpc) is 2.30. The van der Waals surface area contributed by atoms with Crippen LogP contribution >= 0.6 is 0 Å². The van der Waals surface area contributed by atoms with Crippen LogP contribution in [0, 0.1) is 5.92 Å². The summed E-state index contributed by atoms with van der Waals surface area (Å²) in [6.07, 6.45) is 6.47. The molecule has 82 valence electrons. The highest BCUT2D eigenvalue weighted by Crippen LogP contribution is 2.23. The highest BCUT2D eigenvalue weighted by Gasteiger charge is 2.17. The van der Waals surface area contributed by atoms with Crippen molar-refractivity contribution in [1.82, 2.24) is 10.2 Å². The summed E-state index contributed by atoms with van der Waals surface area (Å²) in [5.41, 5.74) is 5.86. The molecule has 0 radical (unpaired) electrons. The van der Waals surface area contributed by atoms with Crippen molar-refractivity contribution in [3.8, 4) is 0 Å². The van der Waals surface area contributed by atoms with E-state index in [1.165, 1.54) is 12.8 Å². The van der Waals surface area contributed by atoms with Crippen LogP contribution in [-0.4, -0.2) is 22.8 Å². The maximum Gasteiger partial charge on any atom is 0.148 e. The molecule has 0 aliphatic heterocycles. The Morgan fingerprint density at radius 1 is 1.33 bits per heavy atom. The lowest BCUT2D eigenvalue weighted by molar-refractivity contribution is 0.338. The van der Waals surface area contributed by atoms with Gasteiger partial charge in [0, 0.05) is 18.8 Å². The first-order valence-corrected chi connectivity index (χ1v) is 5.62. The minimum atomic E-state index is 0.428. The van der Waals surface area contributed by atoms with Gasteiger partial charge in [0.15, 0.2) is 0 Å². The molecule has 0 atom stereocenters. The lowest BCUT2D eigenvalue weighted by Gasteiger charge is -2.26. The van der Waals surface area contributed by atoms with Crippen molar-refractivity contribution >= 4 is 5.82 Å². The Labute approximate surface area is 90.3 Å². The zero-order valence-electron chi connectivity index (χ0n) is 8.89. The van der Waals surface area contributed by atoms with Gasteiger partial charge >= 0.3 is 0 Å². The van der Waals surface area contributed by atoms with Crippen molar-refractivity contribution in [2.24, 2.45) is 11.7 Å². The Hall–Kier alpha value is -1.16. The third kappa shape index (κ3) is 3.16. The Morgan fingerprint density at radius 2 is 2.13 bits per heavy atom. The standard InChI is InChI=1S/C11H18N4/c12-10-5-3-9(4-6-10)8-13-11-2-1-7-14-15-11/h1-2,7,9-10H,3-6,8,12H2,(H,13,15). The van der Waals surface area contributed by atoms with Gasteiger partial charge in [-0.15, -0.1) is 5.10 Å². The van der Waals surface area contributed by atoms with Gasteiger partial charge in [-0.2, -0.15) is 5.10 Å². The molecule has 4 nitrogen and oxygen atoms in total. The molecule has 1 aromatic heterocycles. The first kappa shape index (κ1) is 10.4. The molecule has 1 aromatic rings. The molecule has 1 fully saturated rings. The maximum absolute atomic E-state index is 5.86. The SMILES string of the molecule is NC1CCC(CNc2cccnn2)CC1. The lowest BCUT2D eigenvalue weighted by Crippen LogP contribution is -2.29. The van der Waals surface area contributed by atoms with Crippen LogP contribution in [-0.2, 0) is 0 Å². The molecule has 3 N–H and O–H groups in total. The van der Waals surface area contributed by atoms with Gasteiger partial charge in [0.1, 0.15) is 5.82 Å². The predicted octanol–water partition coefficient (Wildman–Crippen LogP) is 1.41. The Balaban J connectivity index is 1.74. The van der Waals surface area contributed by atoms with Crippen molar-refractivity contribution in [3.05, 3.63) is 18.3 Å². The van der Waals surface area contributed by atoms with Crippen LogP contribution in [0.1, 0.15) is 25.7 Å². The molecule has 2 rings (SSSR count). The van der Waals surface area contributed by atoms with E-state index in [0.29, 0.717) is 6.04 Å². The molecule has 4 heteroatoms. The molecule has 0 amide bonds. The topological polar surface area (TPSA) is 63.8 Å². The molecule has 0 spiro atoms. The molecule has 1 aliphatic rings. The second-order valence-electron chi connectivity index (χ2n) is 4.27. The van der Waals surface area contributed by atoms with Crippen molar-refractivity contribution in [1.29, 1.82) is 0 Å². The summed E-state index contributed by atoms with van der Waals surface area (Å²) in [4.78, 5) is 0. The van der Waals surface area contributed by atoms with E-state index < -0.39 is 0 Å². The second kappa shape index (κ2) is 5.07. The number of rotatable bonds is 3.